The van der Waals surface area contributed by atoms with Crippen LogP contribution in [0.25, 0.3) is 5.65 Å². The molecule has 5 rings (SSSR count). The van der Waals surface area contributed by atoms with Crippen LogP contribution in [0.2, 0.25) is 0 Å². The summed E-state index contributed by atoms with van der Waals surface area (Å²) in [4.78, 5) is 7.26. The van der Waals surface area contributed by atoms with Crippen LogP contribution in [0.1, 0.15) is 31.2 Å². The molecular weight excluding hydrogens is 428 g/mol. The first-order chi connectivity index (χ1) is 16.7. The van der Waals surface area contributed by atoms with Crippen molar-refractivity contribution in [1.82, 2.24) is 24.8 Å². The molecule has 9 heteroatoms. The van der Waals surface area contributed by atoms with E-state index >= 15 is 0 Å². The van der Waals surface area contributed by atoms with Crippen LogP contribution in [0.5, 0.6) is 5.75 Å². The zero-order chi connectivity index (χ0) is 23.3. The van der Waals surface area contributed by atoms with Gasteiger partial charge in [-0.1, -0.05) is 18.9 Å². The number of hydrogen-bond acceptors (Lipinski definition) is 8. The van der Waals surface area contributed by atoms with Crippen molar-refractivity contribution in [3.8, 4) is 5.75 Å². The van der Waals surface area contributed by atoms with Crippen molar-refractivity contribution in [2.45, 2.75) is 44.7 Å². The van der Waals surface area contributed by atoms with E-state index in [1.54, 1.807) is 6.20 Å². The maximum atomic E-state index is 6.39. The minimum atomic E-state index is 0.155. The third-order valence-electron chi connectivity index (χ3n) is 6.90. The summed E-state index contributed by atoms with van der Waals surface area (Å²) in [5.41, 5.74) is 9.15. The first-order valence-electron chi connectivity index (χ1n) is 12.5. The molecule has 182 valence electrons. The van der Waals surface area contributed by atoms with E-state index in [2.05, 4.69) is 32.9 Å². The van der Waals surface area contributed by atoms with E-state index in [4.69, 9.17) is 15.5 Å². The van der Waals surface area contributed by atoms with E-state index in [0.29, 0.717) is 6.61 Å². The van der Waals surface area contributed by atoms with Gasteiger partial charge in [0, 0.05) is 68.2 Å². The minimum Gasteiger partial charge on any atom is -0.492 e. The molecule has 5 N–H and O–H groups in total. The summed E-state index contributed by atoms with van der Waals surface area (Å²) >= 11 is 0. The molecule has 0 bridgehead atoms. The second-order valence-corrected chi connectivity index (χ2v) is 9.33. The summed E-state index contributed by atoms with van der Waals surface area (Å²) in [5.74, 6) is 2.61. The van der Waals surface area contributed by atoms with Gasteiger partial charge in [0.1, 0.15) is 24.0 Å². The van der Waals surface area contributed by atoms with Crippen molar-refractivity contribution >= 4 is 23.0 Å². The number of fused-ring (bicyclic) bond motifs is 1. The van der Waals surface area contributed by atoms with Gasteiger partial charge in [-0.05, 0) is 31.9 Å². The van der Waals surface area contributed by atoms with E-state index < -0.39 is 0 Å². The van der Waals surface area contributed by atoms with Crippen LogP contribution in [-0.4, -0.2) is 70.9 Å². The molecule has 1 aliphatic carbocycles. The maximum absolute atomic E-state index is 6.39. The Hall–Kier alpha value is -2.88. The summed E-state index contributed by atoms with van der Waals surface area (Å²) in [6.45, 7) is 7.95. The molecule has 3 aromatic rings. The zero-order valence-corrected chi connectivity index (χ0v) is 20.0. The number of nitrogens with one attached hydrogen (secondary N) is 3. The minimum absolute atomic E-state index is 0.155. The smallest absolute Gasteiger partial charge is 0.159 e. The van der Waals surface area contributed by atoms with E-state index in [1.165, 1.54) is 12.8 Å². The van der Waals surface area contributed by atoms with E-state index in [-0.39, 0.29) is 12.1 Å². The van der Waals surface area contributed by atoms with Crippen LogP contribution < -0.4 is 26.4 Å². The Morgan fingerprint density at radius 1 is 1.18 bits per heavy atom. The Bertz CT molecular complexity index is 1090. The van der Waals surface area contributed by atoms with Gasteiger partial charge >= 0.3 is 0 Å². The quantitative estimate of drug-likeness (QED) is 0.403. The molecule has 0 radical (unpaired) electrons. The zero-order valence-electron chi connectivity index (χ0n) is 20.0. The highest BCUT2D eigenvalue weighted by atomic mass is 16.5. The second-order valence-electron chi connectivity index (χ2n) is 9.33. The molecule has 9 nitrogen and oxygen atoms in total. The lowest BCUT2D eigenvalue weighted by atomic mass is 9.91. The summed E-state index contributed by atoms with van der Waals surface area (Å²) in [6.07, 6.45) is 6.31. The number of rotatable bonds is 8. The first kappa shape index (κ1) is 22.9. The highest BCUT2D eigenvalue weighted by Crippen LogP contribution is 2.30. The fraction of sp³-hybridized carbons (Fsp3) is 0.520. The number of anilines is 3. The fourth-order valence-electron chi connectivity index (χ4n) is 4.85. The highest BCUT2D eigenvalue weighted by molar-refractivity contribution is 5.69. The maximum Gasteiger partial charge on any atom is 0.159 e. The van der Waals surface area contributed by atoms with Crippen LogP contribution in [-0.2, 0) is 0 Å². The van der Waals surface area contributed by atoms with Gasteiger partial charge in [-0.25, -0.2) is 4.98 Å². The average Bonchev–Trinajstić information content (AvgIpc) is 3.32. The van der Waals surface area contributed by atoms with E-state index in [1.807, 2.05) is 34.8 Å². The number of piperazine rings is 1. The Morgan fingerprint density at radius 3 is 2.88 bits per heavy atom. The molecule has 1 saturated carbocycles. The van der Waals surface area contributed by atoms with Gasteiger partial charge in [-0.3, -0.25) is 4.90 Å². The van der Waals surface area contributed by atoms with Crippen LogP contribution >= 0.6 is 0 Å². The van der Waals surface area contributed by atoms with Gasteiger partial charge in [0.05, 0.1) is 6.20 Å². The summed E-state index contributed by atoms with van der Waals surface area (Å²) in [5, 5.41) is 15.1. The van der Waals surface area contributed by atoms with Crippen molar-refractivity contribution in [2.75, 3.05) is 50.0 Å². The second kappa shape index (κ2) is 10.6. The molecule has 0 spiro atoms. The topological polar surface area (TPSA) is 105 Å². The Balaban J connectivity index is 1.31. The molecular formula is C25H36N8O. The number of benzene rings is 1. The third kappa shape index (κ3) is 5.27. The summed E-state index contributed by atoms with van der Waals surface area (Å²) < 4.78 is 7.91. The van der Waals surface area contributed by atoms with Crippen LogP contribution in [0.15, 0.2) is 36.5 Å². The molecule has 2 aromatic heterocycles. The van der Waals surface area contributed by atoms with Crippen molar-refractivity contribution in [2.24, 2.45) is 5.73 Å². The van der Waals surface area contributed by atoms with Gasteiger partial charge in [0.25, 0.3) is 0 Å². The predicted molar refractivity (Wildman–Crippen MR) is 136 cm³/mol. The van der Waals surface area contributed by atoms with Crippen molar-refractivity contribution in [3.63, 3.8) is 0 Å². The average molecular weight is 465 g/mol. The lowest BCUT2D eigenvalue weighted by Gasteiger charge is -2.30. The molecule has 1 saturated heterocycles. The predicted octanol–water partition coefficient (Wildman–Crippen LogP) is 2.75. The third-order valence-corrected chi connectivity index (χ3v) is 6.90. The van der Waals surface area contributed by atoms with Crippen molar-refractivity contribution in [3.05, 3.63) is 42.1 Å². The van der Waals surface area contributed by atoms with Crippen molar-refractivity contribution < 1.29 is 4.74 Å². The molecule has 2 fully saturated rings. The molecule has 3 heterocycles. The summed E-state index contributed by atoms with van der Waals surface area (Å²) in [6, 6.07) is 10.4. The Labute approximate surface area is 201 Å². The highest BCUT2D eigenvalue weighted by Gasteiger charge is 2.24. The van der Waals surface area contributed by atoms with Gasteiger partial charge in [0.15, 0.2) is 5.65 Å². The van der Waals surface area contributed by atoms with E-state index in [9.17, 15) is 0 Å². The molecule has 1 aliphatic heterocycles. The lowest BCUT2D eigenvalue weighted by molar-refractivity contribution is 0.191. The molecule has 2 aliphatic rings. The monoisotopic (exact) mass is 464 g/mol. The standard InChI is InChI=1S/C25H36N8O/c1-18-24(30-22-8-3-2-7-21(22)26)31-23-9-10-28-33(23)25(18)29-19-5-4-6-20(17-19)34-16-15-32-13-11-27-12-14-32/h4-6,9-10,17,21-22,27,29H,2-3,7-8,11-16,26H2,1H3,(H,30,31). The van der Waals surface area contributed by atoms with Gasteiger partial charge in [-0.2, -0.15) is 9.61 Å². The number of aromatic nitrogens is 3. The molecule has 1 aromatic carbocycles. The normalized spacial score (nSPS) is 21.5. The number of hydrogen-bond donors (Lipinski definition) is 4. The fourth-order valence-corrected chi connectivity index (χ4v) is 4.85. The molecule has 34 heavy (non-hydrogen) atoms. The van der Waals surface area contributed by atoms with Crippen LogP contribution in [0.3, 0.4) is 0 Å². The summed E-state index contributed by atoms with van der Waals surface area (Å²) in [7, 11) is 0. The number of nitrogens with two attached hydrogens (primary N) is 1. The largest absolute Gasteiger partial charge is 0.492 e. The molecule has 2 unspecified atom stereocenters. The van der Waals surface area contributed by atoms with E-state index in [0.717, 1.165) is 79.8 Å². The Morgan fingerprint density at radius 2 is 2.03 bits per heavy atom. The lowest BCUT2D eigenvalue weighted by Crippen LogP contribution is -2.44. The molecule has 2 atom stereocenters. The van der Waals surface area contributed by atoms with Crippen LogP contribution in [0.4, 0.5) is 17.3 Å². The van der Waals surface area contributed by atoms with Gasteiger partial charge in [-0.15, -0.1) is 0 Å². The number of nitrogens with zero attached hydrogens (tertiary/aromatic N) is 4. The first-order valence-corrected chi connectivity index (χ1v) is 12.5. The van der Waals surface area contributed by atoms with Crippen LogP contribution in [0, 0.1) is 6.92 Å². The van der Waals surface area contributed by atoms with Gasteiger partial charge in [0.2, 0.25) is 0 Å². The molecule has 0 amide bonds. The SMILES string of the molecule is Cc1c(NC2CCCCC2N)nc2ccnn2c1Nc1cccc(OCCN2CCNCC2)c1. The Kier molecular flexibility index (Phi) is 7.13. The van der Waals surface area contributed by atoms with Crippen molar-refractivity contribution in [1.29, 1.82) is 0 Å². The van der Waals surface area contributed by atoms with Gasteiger partial charge < -0.3 is 26.4 Å². The number of ether oxygens (including phenoxy) is 1.